The van der Waals surface area contributed by atoms with Crippen LogP contribution in [0, 0.1) is 0 Å². The molecule has 0 spiro atoms. The summed E-state index contributed by atoms with van der Waals surface area (Å²) in [4.78, 5) is 0. The molecule has 1 atom stereocenters. The van der Waals surface area contributed by atoms with Crippen molar-refractivity contribution in [2.75, 3.05) is 0 Å². The van der Waals surface area contributed by atoms with E-state index in [1.807, 2.05) is 36.4 Å². The molecule has 2 aromatic carbocycles. The van der Waals surface area contributed by atoms with Gasteiger partial charge < -0.3 is 5.11 Å². The first-order valence-corrected chi connectivity index (χ1v) is 6.32. The van der Waals surface area contributed by atoms with Gasteiger partial charge in [0.25, 0.3) is 0 Å². The maximum atomic E-state index is 9.88. The number of benzene rings is 2. The van der Waals surface area contributed by atoms with Crippen LogP contribution in [-0.2, 0) is 0 Å². The summed E-state index contributed by atoms with van der Waals surface area (Å²) in [7, 11) is 0. The lowest BCUT2D eigenvalue weighted by molar-refractivity contribution is 0.464. The highest BCUT2D eigenvalue weighted by atomic mass is 16.3. The second-order valence-electron chi connectivity index (χ2n) is 4.34. The molecule has 0 aliphatic heterocycles. The number of hydrogen-bond donors (Lipinski definition) is 1. The van der Waals surface area contributed by atoms with Gasteiger partial charge in [-0.15, -0.1) is 0 Å². The van der Waals surface area contributed by atoms with Gasteiger partial charge >= 0.3 is 0 Å². The Kier molecular flexibility index (Phi) is 4.19. The van der Waals surface area contributed by atoms with E-state index in [4.69, 9.17) is 0 Å². The number of rotatable bonds is 4. The fraction of sp³-hybridized carbons (Fsp3) is 0.176. The van der Waals surface area contributed by atoms with Crippen molar-refractivity contribution in [2.45, 2.75) is 19.3 Å². The molecule has 1 heteroatoms. The Morgan fingerprint density at radius 1 is 1.00 bits per heavy atom. The van der Waals surface area contributed by atoms with Crippen molar-refractivity contribution in [3.63, 3.8) is 0 Å². The summed E-state index contributed by atoms with van der Waals surface area (Å²) in [5, 5.41) is 9.88. The molecule has 0 bridgehead atoms. The molecule has 1 nitrogen and oxygen atoms in total. The Balaban J connectivity index is 2.21. The van der Waals surface area contributed by atoms with Crippen molar-refractivity contribution in [3.05, 3.63) is 71.8 Å². The minimum absolute atomic E-state index is 0.256. The lowest BCUT2D eigenvalue weighted by Crippen LogP contribution is -1.93. The van der Waals surface area contributed by atoms with Crippen LogP contribution >= 0.6 is 0 Å². The fourth-order valence-corrected chi connectivity index (χ4v) is 2.05. The first kappa shape index (κ1) is 12.4. The van der Waals surface area contributed by atoms with E-state index in [1.165, 1.54) is 5.56 Å². The quantitative estimate of drug-likeness (QED) is 0.825. The van der Waals surface area contributed by atoms with E-state index in [0.29, 0.717) is 5.75 Å². The Labute approximate surface area is 108 Å². The largest absolute Gasteiger partial charge is 0.508 e. The predicted molar refractivity (Wildman–Crippen MR) is 76.6 cm³/mol. The molecule has 0 amide bonds. The lowest BCUT2D eigenvalue weighted by atomic mass is 9.94. The maximum Gasteiger partial charge on any atom is 0.119 e. The molecule has 2 aromatic rings. The van der Waals surface area contributed by atoms with E-state index < -0.39 is 0 Å². The minimum Gasteiger partial charge on any atom is -0.508 e. The molecule has 18 heavy (non-hydrogen) atoms. The van der Waals surface area contributed by atoms with Gasteiger partial charge in [-0.2, -0.15) is 0 Å². The summed E-state index contributed by atoms with van der Waals surface area (Å²) < 4.78 is 0. The Morgan fingerprint density at radius 3 is 2.33 bits per heavy atom. The van der Waals surface area contributed by atoms with E-state index in [1.54, 1.807) is 6.07 Å². The number of aromatic hydroxyl groups is 1. The van der Waals surface area contributed by atoms with Gasteiger partial charge in [0.15, 0.2) is 0 Å². The van der Waals surface area contributed by atoms with E-state index in [2.05, 4.69) is 31.2 Å². The van der Waals surface area contributed by atoms with Gasteiger partial charge in [-0.05, 0) is 18.1 Å². The van der Waals surface area contributed by atoms with Crippen molar-refractivity contribution in [2.24, 2.45) is 0 Å². The molecule has 0 radical (unpaired) electrons. The molecule has 1 unspecified atom stereocenters. The van der Waals surface area contributed by atoms with Crippen LogP contribution in [-0.4, -0.2) is 5.11 Å². The standard InChI is InChI=1S/C17H18O/c1-2-15(16-10-6-7-11-17(16)18)13-12-14-8-4-3-5-9-14/h3-13,15,18H,2H2,1H3/b13-12+. The third-order valence-electron chi connectivity index (χ3n) is 3.10. The summed E-state index contributed by atoms with van der Waals surface area (Å²) in [6, 6.07) is 17.8. The lowest BCUT2D eigenvalue weighted by Gasteiger charge is -2.12. The van der Waals surface area contributed by atoms with Crippen LogP contribution in [0.5, 0.6) is 5.75 Å². The number of para-hydroxylation sites is 1. The molecular weight excluding hydrogens is 220 g/mol. The summed E-state index contributed by atoms with van der Waals surface area (Å²) in [6.45, 7) is 2.13. The van der Waals surface area contributed by atoms with Gasteiger partial charge in [0.2, 0.25) is 0 Å². The zero-order valence-corrected chi connectivity index (χ0v) is 10.6. The zero-order chi connectivity index (χ0) is 12.8. The summed E-state index contributed by atoms with van der Waals surface area (Å²) >= 11 is 0. The van der Waals surface area contributed by atoms with Crippen LogP contribution in [0.2, 0.25) is 0 Å². The summed E-state index contributed by atoms with van der Waals surface area (Å²) in [5.41, 5.74) is 2.18. The summed E-state index contributed by atoms with van der Waals surface area (Å²) in [5.74, 6) is 0.633. The van der Waals surface area contributed by atoms with Crippen LogP contribution in [0.1, 0.15) is 30.4 Å². The van der Waals surface area contributed by atoms with Crippen LogP contribution in [0.4, 0.5) is 0 Å². The van der Waals surface area contributed by atoms with Gasteiger partial charge in [-0.25, -0.2) is 0 Å². The van der Waals surface area contributed by atoms with Gasteiger partial charge in [0, 0.05) is 11.5 Å². The topological polar surface area (TPSA) is 20.2 Å². The van der Waals surface area contributed by atoms with Gasteiger partial charge in [0.1, 0.15) is 5.75 Å². The van der Waals surface area contributed by atoms with Crippen molar-refractivity contribution in [1.82, 2.24) is 0 Å². The highest BCUT2D eigenvalue weighted by molar-refractivity contribution is 5.51. The SMILES string of the molecule is CCC(/C=C/c1ccccc1)c1ccccc1O. The molecule has 1 N–H and O–H groups in total. The van der Waals surface area contributed by atoms with Crippen LogP contribution in [0.3, 0.4) is 0 Å². The molecular formula is C17H18O. The van der Waals surface area contributed by atoms with E-state index in [9.17, 15) is 5.11 Å². The Hall–Kier alpha value is -2.02. The zero-order valence-electron chi connectivity index (χ0n) is 10.6. The molecule has 0 fully saturated rings. The average Bonchev–Trinajstić information content (AvgIpc) is 2.42. The second kappa shape index (κ2) is 6.06. The van der Waals surface area contributed by atoms with Crippen LogP contribution in [0.25, 0.3) is 6.08 Å². The molecule has 0 saturated carbocycles. The molecule has 0 aliphatic carbocycles. The van der Waals surface area contributed by atoms with Crippen molar-refractivity contribution >= 4 is 6.08 Å². The van der Waals surface area contributed by atoms with Gasteiger partial charge in [-0.3, -0.25) is 0 Å². The van der Waals surface area contributed by atoms with Gasteiger partial charge in [-0.1, -0.05) is 67.6 Å². The second-order valence-corrected chi connectivity index (χ2v) is 4.34. The highest BCUT2D eigenvalue weighted by Gasteiger charge is 2.09. The number of phenols is 1. The predicted octanol–water partition coefficient (Wildman–Crippen LogP) is 4.60. The summed E-state index contributed by atoms with van der Waals surface area (Å²) in [6.07, 6.45) is 5.24. The first-order chi connectivity index (χ1) is 8.81. The monoisotopic (exact) mass is 238 g/mol. The van der Waals surface area contributed by atoms with E-state index in [-0.39, 0.29) is 5.92 Å². The average molecular weight is 238 g/mol. The molecule has 0 heterocycles. The molecule has 2 rings (SSSR count). The Bertz CT molecular complexity index is 514. The van der Waals surface area contributed by atoms with E-state index in [0.717, 1.165) is 12.0 Å². The molecule has 0 aliphatic rings. The number of allylic oxidation sites excluding steroid dienone is 1. The fourth-order valence-electron chi connectivity index (χ4n) is 2.05. The smallest absolute Gasteiger partial charge is 0.119 e. The first-order valence-electron chi connectivity index (χ1n) is 6.32. The van der Waals surface area contributed by atoms with Crippen LogP contribution in [0.15, 0.2) is 60.7 Å². The molecule has 0 aromatic heterocycles. The number of phenolic OH excluding ortho intramolecular Hbond substituents is 1. The maximum absolute atomic E-state index is 9.88. The van der Waals surface area contributed by atoms with Crippen molar-refractivity contribution in [3.8, 4) is 5.75 Å². The highest BCUT2D eigenvalue weighted by Crippen LogP contribution is 2.29. The number of hydrogen-bond acceptors (Lipinski definition) is 1. The van der Waals surface area contributed by atoms with E-state index >= 15 is 0 Å². The minimum atomic E-state index is 0.256. The normalized spacial score (nSPS) is 12.7. The third-order valence-corrected chi connectivity index (χ3v) is 3.10. The van der Waals surface area contributed by atoms with Gasteiger partial charge in [0.05, 0.1) is 0 Å². The molecule has 0 saturated heterocycles. The van der Waals surface area contributed by atoms with Crippen LogP contribution < -0.4 is 0 Å². The molecule has 92 valence electrons. The Morgan fingerprint density at radius 2 is 1.67 bits per heavy atom. The van der Waals surface area contributed by atoms with Crippen molar-refractivity contribution in [1.29, 1.82) is 0 Å². The third kappa shape index (κ3) is 3.01. The van der Waals surface area contributed by atoms with Crippen molar-refractivity contribution < 1.29 is 5.11 Å².